The molecule has 0 saturated heterocycles. The van der Waals surface area contributed by atoms with Gasteiger partial charge in [-0.3, -0.25) is 0 Å². The predicted octanol–water partition coefficient (Wildman–Crippen LogP) is 2.19. The fourth-order valence-electron chi connectivity index (χ4n) is 0.370. The van der Waals surface area contributed by atoms with Gasteiger partial charge < -0.3 is 4.74 Å². The van der Waals surface area contributed by atoms with Crippen LogP contribution in [0.2, 0.25) is 0 Å². The van der Waals surface area contributed by atoms with Crippen molar-refractivity contribution in [1.29, 1.82) is 0 Å². The summed E-state index contributed by atoms with van der Waals surface area (Å²) in [7, 11) is 0. The number of hydrogen-bond acceptors (Lipinski definition) is 1. The average Bonchev–Trinajstić information content (AvgIpc) is 1.83. The van der Waals surface area contributed by atoms with Crippen LogP contribution in [0.1, 0.15) is 20.8 Å². The lowest BCUT2D eigenvalue weighted by molar-refractivity contribution is 0.107. The highest BCUT2D eigenvalue weighted by molar-refractivity contribution is 4.88. The first-order valence-corrected chi connectivity index (χ1v) is 3.22. The van der Waals surface area contributed by atoms with Crippen molar-refractivity contribution in [3.8, 4) is 0 Å². The van der Waals surface area contributed by atoms with Gasteiger partial charge in [0.2, 0.25) is 0 Å². The van der Waals surface area contributed by atoms with E-state index in [1.54, 1.807) is 0 Å². The van der Waals surface area contributed by atoms with Crippen LogP contribution in [0.3, 0.4) is 0 Å². The van der Waals surface area contributed by atoms with Crippen LogP contribution in [0.15, 0.2) is 12.2 Å². The zero-order chi connectivity index (χ0) is 7.28. The van der Waals surface area contributed by atoms with Gasteiger partial charge in [-0.2, -0.15) is 0 Å². The van der Waals surface area contributed by atoms with Gasteiger partial charge in [-0.15, -0.1) is 0 Å². The molecule has 0 bridgehead atoms. The maximum absolute atomic E-state index is 5.30. The molecule has 0 rings (SSSR count). The van der Waals surface area contributed by atoms with Crippen molar-refractivity contribution >= 4 is 0 Å². The number of rotatable bonds is 4. The monoisotopic (exact) mass is 127 g/mol. The highest BCUT2D eigenvalue weighted by Crippen LogP contribution is 1.97. The molecule has 0 aliphatic carbocycles. The molecule has 1 radical (unpaired) electrons. The Morgan fingerprint density at radius 1 is 1.78 bits per heavy atom. The van der Waals surface area contributed by atoms with E-state index in [4.69, 9.17) is 4.74 Å². The molecule has 0 fully saturated rings. The van der Waals surface area contributed by atoms with Gasteiger partial charge in [-0.05, 0) is 20.3 Å². The molecule has 1 nitrogen and oxygen atoms in total. The highest BCUT2D eigenvalue weighted by Gasteiger charge is 1.96. The Kier molecular flexibility index (Phi) is 4.41. The Bertz CT molecular complexity index is 86.6. The molecule has 0 aromatic heterocycles. The molecule has 0 N–H and O–H groups in total. The SMILES string of the molecule is C=C(C)COC(C)[CH]C. The number of ether oxygens (including phenoxy) is 1. The summed E-state index contributed by atoms with van der Waals surface area (Å²) in [4.78, 5) is 0. The highest BCUT2D eigenvalue weighted by atomic mass is 16.5. The second kappa shape index (κ2) is 4.57. The van der Waals surface area contributed by atoms with Crippen molar-refractivity contribution < 1.29 is 4.74 Å². The van der Waals surface area contributed by atoms with E-state index >= 15 is 0 Å². The molecule has 0 aliphatic heterocycles. The summed E-state index contributed by atoms with van der Waals surface area (Å²) in [6, 6.07) is 0. The molecule has 0 aromatic rings. The minimum atomic E-state index is 0.252. The lowest BCUT2D eigenvalue weighted by Crippen LogP contribution is -2.08. The van der Waals surface area contributed by atoms with Crippen LogP contribution in [0.4, 0.5) is 0 Å². The molecule has 1 atom stereocenters. The van der Waals surface area contributed by atoms with Gasteiger partial charge in [0.1, 0.15) is 0 Å². The molecule has 0 aromatic carbocycles. The Morgan fingerprint density at radius 3 is 2.67 bits per heavy atom. The second-order valence-corrected chi connectivity index (χ2v) is 2.31. The fraction of sp³-hybridized carbons (Fsp3) is 0.625. The van der Waals surface area contributed by atoms with Gasteiger partial charge in [0, 0.05) is 0 Å². The lowest BCUT2D eigenvalue weighted by atomic mass is 10.3. The smallest absolute Gasteiger partial charge is 0.0675 e. The summed E-state index contributed by atoms with van der Waals surface area (Å²) in [5, 5.41) is 0. The average molecular weight is 127 g/mol. The van der Waals surface area contributed by atoms with Crippen molar-refractivity contribution in [1.82, 2.24) is 0 Å². The Hall–Kier alpha value is -0.300. The first-order valence-electron chi connectivity index (χ1n) is 3.22. The Balaban J connectivity index is 3.16. The molecule has 53 valence electrons. The molecular formula is C8H15O. The third-order valence-corrected chi connectivity index (χ3v) is 1.06. The largest absolute Gasteiger partial charge is 0.374 e. The van der Waals surface area contributed by atoms with Gasteiger partial charge in [0.05, 0.1) is 12.7 Å². The van der Waals surface area contributed by atoms with E-state index in [0.29, 0.717) is 6.61 Å². The van der Waals surface area contributed by atoms with Gasteiger partial charge >= 0.3 is 0 Å². The first kappa shape index (κ1) is 8.70. The quantitative estimate of drug-likeness (QED) is 0.526. The van der Waals surface area contributed by atoms with E-state index in [-0.39, 0.29) is 6.10 Å². The van der Waals surface area contributed by atoms with Crippen LogP contribution in [-0.4, -0.2) is 12.7 Å². The van der Waals surface area contributed by atoms with Gasteiger partial charge in [0.15, 0.2) is 0 Å². The minimum absolute atomic E-state index is 0.252. The molecule has 0 heterocycles. The Morgan fingerprint density at radius 2 is 2.33 bits per heavy atom. The number of hydrogen-bond donors (Lipinski definition) is 0. The first-order chi connectivity index (χ1) is 4.16. The van der Waals surface area contributed by atoms with Crippen LogP contribution in [0.5, 0.6) is 0 Å². The van der Waals surface area contributed by atoms with Crippen molar-refractivity contribution in [2.75, 3.05) is 6.61 Å². The molecule has 1 heteroatoms. The van der Waals surface area contributed by atoms with Crippen LogP contribution in [0.25, 0.3) is 0 Å². The van der Waals surface area contributed by atoms with Crippen molar-refractivity contribution in [3.63, 3.8) is 0 Å². The van der Waals surface area contributed by atoms with Crippen molar-refractivity contribution in [2.24, 2.45) is 0 Å². The summed E-state index contributed by atoms with van der Waals surface area (Å²) in [5.41, 5.74) is 1.07. The zero-order valence-corrected chi connectivity index (χ0v) is 6.48. The van der Waals surface area contributed by atoms with E-state index < -0.39 is 0 Å². The molecule has 0 saturated carbocycles. The molecule has 0 amide bonds. The second-order valence-electron chi connectivity index (χ2n) is 2.31. The zero-order valence-electron chi connectivity index (χ0n) is 6.48. The van der Waals surface area contributed by atoms with Crippen LogP contribution >= 0.6 is 0 Å². The lowest BCUT2D eigenvalue weighted by Gasteiger charge is -2.08. The summed E-state index contributed by atoms with van der Waals surface area (Å²) in [5.74, 6) is 0. The van der Waals surface area contributed by atoms with Crippen LogP contribution < -0.4 is 0 Å². The predicted molar refractivity (Wildman–Crippen MR) is 40.2 cm³/mol. The summed E-state index contributed by atoms with van der Waals surface area (Å²) in [6.07, 6.45) is 2.27. The molecule has 0 spiro atoms. The summed E-state index contributed by atoms with van der Waals surface area (Å²) in [6.45, 7) is 10.4. The molecule has 0 aliphatic rings. The van der Waals surface area contributed by atoms with Crippen molar-refractivity contribution in [2.45, 2.75) is 26.9 Å². The van der Waals surface area contributed by atoms with Gasteiger partial charge in [-0.25, -0.2) is 0 Å². The van der Waals surface area contributed by atoms with E-state index in [0.717, 1.165) is 5.57 Å². The Labute approximate surface area is 57.7 Å². The summed E-state index contributed by atoms with van der Waals surface area (Å²) < 4.78 is 5.30. The minimum Gasteiger partial charge on any atom is -0.374 e. The molecular weight excluding hydrogens is 112 g/mol. The molecule has 9 heavy (non-hydrogen) atoms. The third kappa shape index (κ3) is 5.57. The van der Waals surface area contributed by atoms with E-state index in [1.807, 2.05) is 27.2 Å². The van der Waals surface area contributed by atoms with E-state index in [1.165, 1.54) is 0 Å². The molecule has 1 unspecified atom stereocenters. The summed E-state index contributed by atoms with van der Waals surface area (Å²) >= 11 is 0. The topological polar surface area (TPSA) is 9.23 Å². The van der Waals surface area contributed by atoms with Gasteiger partial charge in [-0.1, -0.05) is 19.1 Å². The normalized spacial score (nSPS) is 13.2. The van der Waals surface area contributed by atoms with E-state index in [2.05, 4.69) is 6.58 Å². The maximum Gasteiger partial charge on any atom is 0.0675 e. The third-order valence-electron chi connectivity index (χ3n) is 1.06. The maximum atomic E-state index is 5.30. The van der Waals surface area contributed by atoms with Gasteiger partial charge in [0.25, 0.3) is 0 Å². The standard InChI is InChI=1S/C8H15O/c1-5-8(4)9-6-7(2)3/h5,8H,2,6H2,1,3-4H3. The van der Waals surface area contributed by atoms with Crippen LogP contribution in [-0.2, 0) is 4.74 Å². The van der Waals surface area contributed by atoms with E-state index in [9.17, 15) is 0 Å². The van der Waals surface area contributed by atoms with Crippen molar-refractivity contribution in [3.05, 3.63) is 18.6 Å². The van der Waals surface area contributed by atoms with Crippen LogP contribution in [0, 0.1) is 6.42 Å². The fourth-order valence-corrected chi connectivity index (χ4v) is 0.370.